The zero-order chi connectivity index (χ0) is 33.6. The molecule has 3 aromatic carbocycles. The summed E-state index contributed by atoms with van der Waals surface area (Å²) in [4.78, 5) is 32.5. The van der Waals surface area contributed by atoms with E-state index in [2.05, 4.69) is 41.1 Å². The van der Waals surface area contributed by atoms with Crippen LogP contribution in [0.4, 0.5) is 0 Å². The first-order valence-electron chi connectivity index (χ1n) is 15.8. The Morgan fingerprint density at radius 3 is 2.60 bits per heavy atom. The minimum absolute atomic E-state index is 0.110. The van der Waals surface area contributed by atoms with Crippen LogP contribution in [-0.4, -0.2) is 95.8 Å². The number of benzene rings is 3. The largest absolute Gasteiger partial charge is 0.493 e. The Hall–Kier alpha value is -4.36. The molecule has 0 atom stereocenters. The lowest BCUT2D eigenvalue weighted by Crippen LogP contribution is -2.38. The number of nitrogens with one attached hydrogen (secondary N) is 1. The summed E-state index contributed by atoms with van der Waals surface area (Å²) in [5.74, 6) is 0.359. The Bertz CT molecular complexity index is 1870. The average molecular weight is 688 g/mol. The number of carboxylic acids is 1. The van der Waals surface area contributed by atoms with Crippen LogP contribution in [0, 0.1) is 6.92 Å². The Labute approximate surface area is 288 Å². The third-order valence-electron chi connectivity index (χ3n) is 8.34. The molecule has 0 saturated carbocycles. The van der Waals surface area contributed by atoms with Gasteiger partial charge in [-0.05, 0) is 78.6 Å². The van der Waals surface area contributed by atoms with Gasteiger partial charge >= 0.3 is 5.97 Å². The van der Waals surface area contributed by atoms with E-state index in [1.165, 1.54) is 36.6 Å². The summed E-state index contributed by atoms with van der Waals surface area (Å²) in [6.07, 6.45) is 4.41. The van der Waals surface area contributed by atoms with Crippen LogP contribution in [0.25, 0.3) is 28.1 Å². The number of aryl methyl sites for hydroxylation is 1. The van der Waals surface area contributed by atoms with Crippen molar-refractivity contribution in [3.05, 3.63) is 82.4 Å². The van der Waals surface area contributed by atoms with E-state index in [1.807, 2.05) is 24.4 Å². The number of ether oxygens (including phenoxy) is 4. The predicted molar refractivity (Wildman–Crippen MR) is 191 cm³/mol. The standard InChI is InChI=1S/C36H37N3O7S2/c1-23-22-37-29-7-5-25(20-27(23)29)28-18-24(4-8-30(28)46-17-13-38-11-15-44-16-12-38)19-33-34(40)39(36(47)48-33)10-3-14-45-31-9-6-26(35(41)42)21-32(31)43-2/h4-9,18-22,37H,3,10-17H2,1-2H3,(H,41,42)/b33-19-. The van der Waals surface area contributed by atoms with Crippen LogP contribution in [0.5, 0.6) is 17.2 Å². The average Bonchev–Trinajstić information content (AvgIpc) is 3.60. The van der Waals surface area contributed by atoms with Crippen molar-refractivity contribution in [3.63, 3.8) is 0 Å². The second-order valence-electron chi connectivity index (χ2n) is 11.5. The van der Waals surface area contributed by atoms with E-state index in [0.717, 1.165) is 66.2 Å². The predicted octanol–water partition coefficient (Wildman–Crippen LogP) is 6.23. The number of carbonyl (C=O) groups is 2. The van der Waals surface area contributed by atoms with E-state index in [9.17, 15) is 14.7 Å². The maximum Gasteiger partial charge on any atom is 0.335 e. The lowest BCUT2D eigenvalue weighted by atomic mass is 9.99. The van der Waals surface area contributed by atoms with Gasteiger partial charge in [0.15, 0.2) is 11.5 Å². The highest BCUT2D eigenvalue weighted by molar-refractivity contribution is 8.26. The molecule has 2 saturated heterocycles. The summed E-state index contributed by atoms with van der Waals surface area (Å²) in [5, 5.41) is 10.4. The van der Waals surface area contributed by atoms with Gasteiger partial charge < -0.3 is 29.0 Å². The number of aromatic carboxylic acids is 1. The number of rotatable bonds is 13. The Kier molecular flexibility index (Phi) is 10.7. The van der Waals surface area contributed by atoms with Crippen molar-refractivity contribution in [2.24, 2.45) is 0 Å². The number of H-pyrrole nitrogens is 1. The van der Waals surface area contributed by atoms with Crippen LogP contribution < -0.4 is 14.2 Å². The lowest BCUT2D eigenvalue weighted by molar-refractivity contribution is -0.122. The zero-order valence-electron chi connectivity index (χ0n) is 26.8. The Morgan fingerprint density at radius 2 is 1.81 bits per heavy atom. The summed E-state index contributed by atoms with van der Waals surface area (Å²) in [6, 6.07) is 16.8. The molecule has 3 heterocycles. The molecule has 48 heavy (non-hydrogen) atoms. The molecule has 2 aliphatic rings. The monoisotopic (exact) mass is 687 g/mol. The molecule has 4 aromatic rings. The van der Waals surface area contributed by atoms with E-state index in [0.29, 0.717) is 46.9 Å². The molecule has 1 aromatic heterocycles. The molecule has 2 N–H and O–H groups in total. The van der Waals surface area contributed by atoms with Crippen molar-refractivity contribution in [1.29, 1.82) is 0 Å². The van der Waals surface area contributed by atoms with Gasteiger partial charge in [0.2, 0.25) is 0 Å². The molecular weight excluding hydrogens is 651 g/mol. The second kappa shape index (κ2) is 15.2. The Morgan fingerprint density at radius 1 is 1.02 bits per heavy atom. The van der Waals surface area contributed by atoms with E-state index in [4.69, 9.17) is 31.2 Å². The van der Waals surface area contributed by atoms with Gasteiger partial charge in [-0.3, -0.25) is 14.6 Å². The normalized spacial score (nSPS) is 16.2. The number of fused-ring (bicyclic) bond motifs is 1. The van der Waals surface area contributed by atoms with Crippen LogP contribution in [-0.2, 0) is 9.53 Å². The van der Waals surface area contributed by atoms with E-state index >= 15 is 0 Å². The van der Waals surface area contributed by atoms with Crippen LogP contribution in [0.15, 0.2) is 65.7 Å². The van der Waals surface area contributed by atoms with Crippen molar-refractivity contribution in [1.82, 2.24) is 14.8 Å². The number of methoxy groups -OCH3 is 1. The molecular formula is C36H37N3O7S2. The van der Waals surface area contributed by atoms with Crippen molar-refractivity contribution < 1.29 is 33.6 Å². The summed E-state index contributed by atoms with van der Waals surface area (Å²) in [7, 11) is 1.46. The molecule has 0 aliphatic carbocycles. The van der Waals surface area contributed by atoms with Crippen LogP contribution in [0.3, 0.4) is 0 Å². The summed E-state index contributed by atoms with van der Waals surface area (Å²) in [5.41, 5.74) is 5.21. The van der Waals surface area contributed by atoms with Gasteiger partial charge in [-0.15, -0.1) is 0 Å². The number of hydrogen-bond acceptors (Lipinski definition) is 9. The van der Waals surface area contributed by atoms with Gasteiger partial charge in [-0.25, -0.2) is 4.79 Å². The highest BCUT2D eigenvalue weighted by Gasteiger charge is 2.31. The van der Waals surface area contributed by atoms with Gasteiger partial charge in [0, 0.05) is 48.8 Å². The Balaban J connectivity index is 1.15. The number of aromatic nitrogens is 1. The van der Waals surface area contributed by atoms with Crippen molar-refractivity contribution in [2.75, 3.05) is 59.7 Å². The lowest BCUT2D eigenvalue weighted by Gasteiger charge is -2.26. The van der Waals surface area contributed by atoms with Gasteiger partial charge in [0.25, 0.3) is 5.91 Å². The first-order valence-corrected chi connectivity index (χ1v) is 17.0. The quantitative estimate of drug-likeness (QED) is 0.0953. The molecule has 12 heteroatoms. The highest BCUT2D eigenvalue weighted by Crippen LogP contribution is 2.37. The number of hydrogen-bond donors (Lipinski definition) is 2. The topological polar surface area (TPSA) is 114 Å². The van der Waals surface area contributed by atoms with Gasteiger partial charge in [0.05, 0.1) is 37.4 Å². The smallest absolute Gasteiger partial charge is 0.335 e. The van der Waals surface area contributed by atoms with Gasteiger partial charge in [0.1, 0.15) is 16.7 Å². The number of morpholine rings is 1. The minimum atomic E-state index is -1.05. The molecule has 0 radical (unpaired) electrons. The van der Waals surface area contributed by atoms with E-state index < -0.39 is 5.97 Å². The number of thiocarbonyl (C=S) groups is 1. The third-order valence-corrected chi connectivity index (χ3v) is 9.72. The van der Waals surface area contributed by atoms with E-state index in [1.54, 1.807) is 11.0 Å². The number of thioether (sulfide) groups is 1. The first-order chi connectivity index (χ1) is 23.3. The maximum atomic E-state index is 13.4. The molecule has 0 bridgehead atoms. The summed E-state index contributed by atoms with van der Waals surface area (Å²) >= 11 is 6.86. The molecule has 1 amide bonds. The van der Waals surface area contributed by atoms with Crippen molar-refractivity contribution >= 4 is 57.2 Å². The van der Waals surface area contributed by atoms with E-state index in [-0.39, 0.29) is 11.5 Å². The van der Waals surface area contributed by atoms with Crippen molar-refractivity contribution in [3.8, 4) is 28.4 Å². The number of carboxylic acid groups (broad SMARTS) is 1. The highest BCUT2D eigenvalue weighted by atomic mass is 32.2. The van der Waals surface area contributed by atoms with Gasteiger partial charge in [-0.2, -0.15) is 0 Å². The van der Waals surface area contributed by atoms with Crippen LogP contribution >= 0.6 is 24.0 Å². The molecule has 0 spiro atoms. The zero-order valence-corrected chi connectivity index (χ0v) is 28.5. The summed E-state index contributed by atoms with van der Waals surface area (Å²) in [6.45, 7) is 7.43. The number of aromatic amines is 1. The minimum Gasteiger partial charge on any atom is -0.493 e. The fourth-order valence-electron chi connectivity index (χ4n) is 5.69. The fourth-order valence-corrected chi connectivity index (χ4v) is 7.00. The maximum absolute atomic E-state index is 13.4. The SMILES string of the molecule is COc1cc(C(=O)O)ccc1OCCCN1C(=O)/C(=C/c2ccc(OCCN3CCOCC3)c(-c3ccc4[nH]cc(C)c4c3)c2)SC1=S. The molecule has 0 unspecified atom stereocenters. The molecule has 2 fully saturated rings. The second-order valence-corrected chi connectivity index (χ2v) is 13.2. The molecule has 250 valence electrons. The molecule has 10 nitrogen and oxygen atoms in total. The number of amides is 1. The van der Waals surface area contributed by atoms with Crippen LogP contribution in [0.1, 0.15) is 27.9 Å². The summed E-state index contributed by atoms with van der Waals surface area (Å²) < 4.78 is 23.4. The molecule has 6 rings (SSSR count). The van der Waals surface area contributed by atoms with Gasteiger partial charge in [-0.1, -0.05) is 36.1 Å². The third kappa shape index (κ3) is 7.68. The first kappa shape index (κ1) is 33.5. The van der Waals surface area contributed by atoms with Crippen LogP contribution in [0.2, 0.25) is 0 Å². The fraction of sp³-hybridized carbons (Fsp3) is 0.306. The molecule has 2 aliphatic heterocycles. The van der Waals surface area contributed by atoms with Crippen molar-refractivity contribution in [2.45, 2.75) is 13.3 Å². The number of carbonyl (C=O) groups excluding carboxylic acids is 1. The number of nitrogens with zero attached hydrogens (tertiary/aromatic N) is 2.